The second kappa shape index (κ2) is 10.8. The molecule has 2 aromatic heterocycles. The molecule has 6 nitrogen and oxygen atoms in total. The van der Waals surface area contributed by atoms with E-state index in [4.69, 9.17) is 5.11 Å². The van der Waals surface area contributed by atoms with Gasteiger partial charge in [0, 0.05) is 52.0 Å². The van der Waals surface area contributed by atoms with Crippen LogP contribution in [0.4, 0.5) is 0 Å². The Labute approximate surface area is 164 Å². The fourth-order valence-electron chi connectivity index (χ4n) is 1.94. The number of imidazole rings is 1. The number of aliphatic hydroxyl groups excluding tert-OH is 1. The monoisotopic (exact) mass is 391 g/mol. The van der Waals surface area contributed by atoms with Crippen LogP contribution >= 0.6 is 11.3 Å². The van der Waals surface area contributed by atoms with Gasteiger partial charge in [0.05, 0.1) is 12.0 Å². The van der Waals surface area contributed by atoms with E-state index in [9.17, 15) is 9.90 Å². The van der Waals surface area contributed by atoms with E-state index >= 15 is 0 Å². The fraction of sp³-hybridized carbons (Fsp3) is 0.400. The zero-order valence-electron chi connectivity index (χ0n) is 16.6. The summed E-state index contributed by atoms with van der Waals surface area (Å²) in [5.74, 6) is 0.0926. The first-order chi connectivity index (χ1) is 12.7. The van der Waals surface area contributed by atoms with Crippen LogP contribution in [-0.4, -0.2) is 51.3 Å². The predicted molar refractivity (Wildman–Crippen MR) is 111 cm³/mol. The van der Waals surface area contributed by atoms with Crippen LogP contribution in [0.15, 0.2) is 48.2 Å². The molecule has 1 amide bonds. The minimum absolute atomic E-state index is 0.0381. The SMILES string of the molecule is CC(=O)N(C)C.Cn1cnc(C(C)(O)CCO)c1.c1ccc2sccc2c1. The van der Waals surface area contributed by atoms with Gasteiger partial charge in [0.25, 0.3) is 0 Å². The van der Waals surface area contributed by atoms with Gasteiger partial charge in [-0.25, -0.2) is 4.98 Å². The number of aryl methyl sites for hydroxylation is 1. The Morgan fingerprint density at radius 2 is 1.93 bits per heavy atom. The van der Waals surface area contributed by atoms with Crippen LogP contribution in [0.2, 0.25) is 0 Å². The summed E-state index contributed by atoms with van der Waals surface area (Å²) in [5.41, 5.74) is -0.422. The summed E-state index contributed by atoms with van der Waals surface area (Å²) in [7, 11) is 5.29. The summed E-state index contributed by atoms with van der Waals surface area (Å²) in [4.78, 5) is 15.6. The van der Waals surface area contributed by atoms with Crippen LogP contribution in [0, 0.1) is 0 Å². The van der Waals surface area contributed by atoms with E-state index in [1.54, 1.807) is 49.4 Å². The highest BCUT2D eigenvalue weighted by Gasteiger charge is 2.24. The summed E-state index contributed by atoms with van der Waals surface area (Å²) >= 11 is 1.79. The highest BCUT2D eigenvalue weighted by atomic mass is 32.1. The van der Waals surface area contributed by atoms with E-state index in [0.717, 1.165) is 0 Å². The second-order valence-corrected chi connectivity index (χ2v) is 7.49. The average Bonchev–Trinajstić information content (AvgIpc) is 3.24. The highest BCUT2D eigenvalue weighted by Crippen LogP contribution is 2.21. The van der Waals surface area contributed by atoms with Gasteiger partial charge < -0.3 is 19.7 Å². The summed E-state index contributed by atoms with van der Waals surface area (Å²) in [5, 5.41) is 21.9. The van der Waals surface area contributed by atoms with Crippen LogP contribution in [0.1, 0.15) is 26.0 Å². The summed E-state index contributed by atoms with van der Waals surface area (Å²) in [6.07, 6.45) is 3.68. The molecule has 1 aromatic carbocycles. The largest absolute Gasteiger partial charge is 0.396 e. The lowest BCUT2D eigenvalue weighted by Crippen LogP contribution is -2.23. The first-order valence-electron chi connectivity index (χ1n) is 8.59. The fourth-order valence-corrected chi connectivity index (χ4v) is 2.73. The van der Waals surface area contributed by atoms with Crippen molar-refractivity contribution in [3.63, 3.8) is 0 Å². The van der Waals surface area contributed by atoms with Crippen molar-refractivity contribution in [3.8, 4) is 0 Å². The highest BCUT2D eigenvalue weighted by molar-refractivity contribution is 7.17. The number of thiophene rings is 1. The Morgan fingerprint density at radius 3 is 2.41 bits per heavy atom. The summed E-state index contributed by atoms with van der Waals surface area (Å²) < 4.78 is 3.14. The number of carbonyl (C=O) groups excluding carboxylic acids is 1. The average molecular weight is 392 g/mol. The molecule has 0 bridgehead atoms. The Bertz CT molecular complexity index is 794. The predicted octanol–water partition coefficient (Wildman–Crippen LogP) is 3.01. The molecule has 0 saturated heterocycles. The van der Waals surface area contributed by atoms with E-state index in [0.29, 0.717) is 12.1 Å². The van der Waals surface area contributed by atoms with Gasteiger partial charge >= 0.3 is 0 Å². The number of hydrogen-bond acceptors (Lipinski definition) is 5. The first kappa shape index (κ1) is 22.8. The smallest absolute Gasteiger partial charge is 0.218 e. The van der Waals surface area contributed by atoms with E-state index in [-0.39, 0.29) is 12.5 Å². The molecule has 27 heavy (non-hydrogen) atoms. The number of fused-ring (bicyclic) bond motifs is 1. The van der Waals surface area contributed by atoms with Crippen LogP contribution in [-0.2, 0) is 17.4 Å². The first-order valence-corrected chi connectivity index (χ1v) is 9.47. The van der Waals surface area contributed by atoms with Gasteiger partial charge in [-0.2, -0.15) is 0 Å². The number of rotatable bonds is 3. The van der Waals surface area contributed by atoms with E-state index < -0.39 is 5.60 Å². The Kier molecular flexibility index (Phi) is 9.14. The lowest BCUT2D eigenvalue weighted by atomic mass is 10.00. The van der Waals surface area contributed by atoms with Crippen molar-refractivity contribution in [3.05, 3.63) is 53.9 Å². The summed E-state index contributed by atoms with van der Waals surface area (Å²) in [6, 6.07) is 10.5. The molecule has 0 aliphatic carbocycles. The molecular weight excluding hydrogens is 362 g/mol. The van der Waals surface area contributed by atoms with Crippen molar-refractivity contribution in [2.24, 2.45) is 7.05 Å². The summed E-state index contributed by atoms with van der Waals surface area (Å²) in [6.45, 7) is 3.13. The third-order valence-electron chi connectivity index (χ3n) is 3.85. The zero-order chi connectivity index (χ0) is 20.4. The molecule has 1 atom stereocenters. The molecule has 0 fully saturated rings. The molecule has 0 radical (unpaired) electrons. The maximum absolute atomic E-state index is 10.1. The molecule has 0 spiro atoms. The molecule has 1 unspecified atom stereocenters. The van der Waals surface area contributed by atoms with Gasteiger partial charge in [0.15, 0.2) is 0 Å². The molecule has 7 heteroatoms. The Hall–Kier alpha value is -2.22. The van der Waals surface area contributed by atoms with Crippen LogP contribution in [0.25, 0.3) is 10.1 Å². The number of aliphatic hydroxyl groups is 2. The van der Waals surface area contributed by atoms with Crippen molar-refractivity contribution < 1.29 is 15.0 Å². The molecule has 3 aromatic rings. The van der Waals surface area contributed by atoms with Crippen LogP contribution in [0.5, 0.6) is 0 Å². The third kappa shape index (κ3) is 7.90. The minimum atomic E-state index is -1.02. The van der Waals surface area contributed by atoms with Gasteiger partial charge in [0.1, 0.15) is 5.60 Å². The Morgan fingerprint density at radius 1 is 1.30 bits per heavy atom. The quantitative estimate of drug-likeness (QED) is 0.719. The molecule has 148 valence electrons. The van der Waals surface area contributed by atoms with Gasteiger partial charge in [-0.15, -0.1) is 11.3 Å². The van der Waals surface area contributed by atoms with Crippen molar-refractivity contribution in [2.45, 2.75) is 25.9 Å². The van der Waals surface area contributed by atoms with E-state index in [2.05, 4.69) is 40.7 Å². The molecule has 0 aliphatic heterocycles. The number of amides is 1. The lowest BCUT2D eigenvalue weighted by Gasteiger charge is -2.19. The molecule has 3 rings (SSSR count). The topological polar surface area (TPSA) is 78.6 Å². The number of aromatic nitrogens is 2. The zero-order valence-corrected chi connectivity index (χ0v) is 17.4. The maximum atomic E-state index is 10.1. The van der Waals surface area contributed by atoms with Crippen molar-refractivity contribution in [1.82, 2.24) is 14.5 Å². The minimum Gasteiger partial charge on any atom is -0.396 e. The Balaban J connectivity index is 0.000000215. The van der Waals surface area contributed by atoms with Crippen molar-refractivity contribution in [1.29, 1.82) is 0 Å². The van der Waals surface area contributed by atoms with Crippen molar-refractivity contribution >= 4 is 27.3 Å². The molecule has 0 aliphatic rings. The molecular formula is C20H29N3O3S. The molecule has 2 heterocycles. The van der Waals surface area contributed by atoms with E-state index in [1.165, 1.54) is 21.9 Å². The van der Waals surface area contributed by atoms with E-state index in [1.807, 2.05) is 7.05 Å². The normalized spacial score (nSPS) is 12.3. The van der Waals surface area contributed by atoms with Gasteiger partial charge in [-0.1, -0.05) is 18.2 Å². The van der Waals surface area contributed by atoms with Gasteiger partial charge in [-0.05, 0) is 29.8 Å². The van der Waals surface area contributed by atoms with Crippen LogP contribution < -0.4 is 0 Å². The van der Waals surface area contributed by atoms with Gasteiger partial charge in [0.2, 0.25) is 5.91 Å². The third-order valence-corrected chi connectivity index (χ3v) is 4.74. The number of nitrogens with zero attached hydrogens (tertiary/aromatic N) is 3. The molecule has 0 saturated carbocycles. The van der Waals surface area contributed by atoms with Gasteiger partial charge in [-0.3, -0.25) is 4.79 Å². The standard InChI is InChI=1S/C8H14N2O2.C8H6S.C4H9NO/c1-8(12,3-4-11)7-5-10(2)6-9-7;1-2-4-8-7(3-1)5-6-9-8;1-4(6)5(2)3/h5-6,11-12H,3-4H2,1-2H3;1-6H;1-3H3. The maximum Gasteiger partial charge on any atom is 0.218 e. The number of carbonyl (C=O) groups is 1. The van der Waals surface area contributed by atoms with Crippen molar-refractivity contribution in [2.75, 3.05) is 20.7 Å². The lowest BCUT2D eigenvalue weighted by molar-refractivity contribution is -0.126. The number of benzene rings is 1. The number of hydrogen-bond donors (Lipinski definition) is 2. The second-order valence-electron chi connectivity index (χ2n) is 6.54. The van der Waals surface area contributed by atoms with Crippen LogP contribution in [0.3, 0.4) is 0 Å². The molecule has 2 N–H and O–H groups in total.